The Morgan fingerprint density at radius 2 is 1.72 bits per heavy atom. The quantitative estimate of drug-likeness (QED) is 0.380. The van der Waals surface area contributed by atoms with Crippen LogP contribution in [-0.2, 0) is 4.79 Å². The number of carbonyl (C=O) groups excluding carboxylic acids is 1. The monoisotopic (exact) mass is 420 g/mol. The molecule has 0 spiro atoms. The Kier molecular flexibility index (Phi) is 6.07. The van der Waals surface area contributed by atoms with Crippen LogP contribution < -0.4 is 5.32 Å². The number of thiazole rings is 1. The number of carbonyl (C=O) groups is 1. The SMILES string of the molecule is Cc1csc(NC(=O)CCSc2nc(-c3ccccc3)c(-c3ccccc3)[nH]2)n1. The second kappa shape index (κ2) is 9.07. The number of hydrogen-bond donors (Lipinski definition) is 2. The molecule has 0 unspecified atom stereocenters. The van der Waals surface area contributed by atoms with Crippen molar-refractivity contribution in [1.29, 1.82) is 0 Å². The number of nitrogens with zero attached hydrogens (tertiary/aromatic N) is 2. The average molecular weight is 421 g/mol. The standard InChI is InChI=1S/C22H20N4OS2/c1-15-14-29-21(23-15)24-18(27)12-13-28-22-25-19(16-8-4-2-5-9-16)20(26-22)17-10-6-3-7-11-17/h2-11,14H,12-13H2,1H3,(H,25,26)(H,23,24,27). The van der Waals surface area contributed by atoms with Crippen LogP contribution in [0.1, 0.15) is 12.1 Å². The number of aromatic nitrogens is 3. The largest absolute Gasteiger partial charge is 0.332 e. The Hall–Kier alpha value is -2.90. The molecule has 7 heteroatoms. The maximum absolute atomic E-state index is 12.1. The van der Waals surface area contributed by atoms with Crippen molar-refractivity contribution in [3.63, 3.8) is 0 Å². The van der Waals surface area contributed by atoms with Gasteiger partial charge in [-0.2, -0.15) is 0 Å². The number of anilines is 1. The van der Waals surface area contributed by atoms with Crippen LogP contribution in [0.2, 0.25) is 0 Å². The maximum Gasteiger partial charge on any atom is 0.226 e. The first-order chi connectivity index (χ1) is 14.2. The van der Waals surface area contributed by atoms with Gasteiger partial charge in [-0.1, -0.05) is 72.4 Å². The smallest absolute Gasteiger partial charge is 0.226 e. The molecule has 4 aromatic rings. The van der Waals surface area contributed by atoms with E-state index in [1.54, 1.807) is 11.8 Å². The number of benzene rings is 2. The van der Waals surface area contributed by atoms with E-state index < -0.39 is 0 Å². The molecule has 2 aromatic carbocycles. The van der Waals surface area contributed by atoms with E-state index in [0.717, 1.165) is 33.4 Å². The van der Waals surface area contributed by atoms with E-state index in [1.807, 2.05) is 48.7 Å². The number of rotatable bonds is 7. The molecule has 1 amide bonds. The molecule has 0 aliphatic heterocycles. The summed E-state index contributed by atoms with van der Waals surface area (Å²) >= 11 is 2.98. The van der Waals surface area contributed by atoms with E-state index in [9.17, 15) is 4.79 Å². The molecule has 4 rings (SSSR count). The van der Waals surface area contributed by atoms with Crippen LogP contribution in [0.15, 0.2) is 71.2 Å². The first-order valence-electron chi connectivity index (χ1n) is 9.24. The zero-order chi connectivity index (χ0) is 20.1. The summed E-state index contributed by atoms with van der Waals surface area (Å²) in [4.78, 5) is 24.6. The lowest BCUT2D eigenvalue weighted by atomic mass is 10.1. The van der Waals surface area contributed by atoms with Crippen molar-refractivity contribution in [2.45, 2.75) is 18.5 Å². The third-order valence-electron chi connectivity index (χ3n) is 4.23. The van der Waals surface area contributed by atoms with Crippen molar-refractivity contribution in [3.05, 3.63) is 71.7 Å². The predicted octanol–water partition coefficient (Wildman–Crippen LogP) is 5.63. The Bertz CT molecular complexity index is 1030. The molecule has 0 bridgehead atoms. The van der Waals surface area contributed by atoms with Gasteiger partial charge in [0.15, 0.2) is 10.3 Å². The van der Waals surface area contributed by atoms with Crippen LogP contribution in [0, 0.1) is 6.92 Å². The highest BCUT2D eigenvalue weighted by molar-refractivity contribution is 7.99. The summed E-state index contributed by atoms with van der Waals surface area (Å²) in [5.74, 6) is 0.594. The Balaban J connectivity index is 1.46. The minimum absolute atomic E-state index is 0.0371. The van der Waals surface area contributed by atoms with Crippen LogP contribution in [0.4, 0.5) is 5.13 Å². The molecule has 0 fully saturated rings. The fourth-order valence-electron chi connectivity index (χ4n) is 2.87. The molecule has 0 atom stereocenters. The zero-order valence-electron chi connectivity index (χ0n) is 15.9. The van der Waals surface area contributed by atoms with E-state index in [0.29, 0.717) is 17.3 Å². The molecule has 0 saturated carbocycles. The second-order valence-corrected chi connectivity index (χ2v) is 8.38. The van der Waals surface area contributed by atoms with E-state index >= 15 is 0 Å². The lowest BCUT2D eigenvalue weighted by Gasteiger charge is -2.02. The van der Waals surface area contributed by atoms with Crippen LogP contribution in [0.3, 0.4) is 0 Å². The molecule has 5 nitrogen and oxygen atoms in total. The van der Waals surface area contributed by atoms with Crippen molar-refractivity contribution in [3.8, 4) is 22.5 Å². The summed E-state index contributed by atoms with van der Waals surface area (Å²) in [7, 11) is 0. The molecule has 2 aromatic heterocycles. The summed E-state index contributed by atoms with van der Waals surface area (Å²) < 4.78 is 0. The molecule has 2 heterocycles. The van der Waals surface area contributed by atoms with E-state index in [1.165, 1.54) is 11.3 Å². The molecular weight excluding hydrogens is 400 g/mol. The normalized spacial score (nSPS) is 10.8. The number of imidazole rings is 1. The number of H-pyrrole nitrogens is 1. The van der Waals surface area contributed by atoms with Crippen molar-refractivity contribution < 1.29 is 4.79 Å². The van der Waals surface area contributed by atoms with Gasteiger partial charge in [-0.05, 0) is 6.92 Å². The fraction of sp³-hybridized carbons (Fsp3) is 0.136. The number of aryl methyl sites for hydroxylation is 1. The molecular formula is C22H20N4OS2. The van der Waals surface area contributed by atoms with Gasteiger partial charge in [-0.3, -0.25) is 4.79 Å². The fourth-order valence-corrected chi connectivity index (χ4v) is 4.39. The third-order valence-corrected chi connectivity index (χ3v) is 5.98. The van der Waals surface area contributed by atoms with Gasteiger partial charge < -0.3 is 10.3 Å². The van der Waals surface area contributed by atoms with Gasteiger partial charge in [-0.15, -0.1) is 11.3 Å². The van der Waals surface area contributed by atoms with Crippen molar-refractivity contribution in [2.24, 2.45) is 0 Å². The van der Waals surface area contributed by atoms with Gasteiger partial charge in [0, 0.05) is 28.7 Å². The molecule has 29 heavy (non-hydrogen) atoms. The minimum atomic E-state index is -0.0371. The van der Waals surface area contributed by atoms with Crippen molar-refractivity contribution in [2.75, 3.05) is 11.1 Å². The van der Waals surface area contributed by atoms with Crippen LogP contribution in [0.5, 0.6) is 0 Å². The topological polar surface area (TPSA) is 70.7 Å². The van der Waals surface area contributed by atoms with Gasteiger partial charge in [-0.25, -0.2) is 9.97 Å². The summed E-state index contributed by atoms with van der Waals surface area (Å²) in [5.41, 5.74) is 4.97. The Morgan fingerprint density at radius 3 is 2.38 bits per heavy atom. The Morgan fingerprint density at radius 1 is 1.03 bits per heavy atom. The van der Waals surface area contributed by atoms with E-state index in [2.05, 4.69) is 39.6 Å². The first kappa shape index (κ1) is 19.4. The van der Waals surface area contributed by atoms with Gasteiger partial charge in [0.1, 0.15) is 0 Å². The highest BCUT2D eigenvalue weighted by Crippen LogP contribution is 2.32. The number of aromatic amines is 1. The molecule has 0 saturated heterocycles. The highest BCUT2D eigenvalue weighted by Gasteiger charge is 2.14. The van der Waals surface area contributed by atoms with Crippen LogP contribution in [-0.4, -0.2) is 26.6 Å². The van der Waals surface area contributed by atoms with E-state index in [4.69, 9.17) is 4.98 Å². The average Bonchev–Trinajstić information content (AvgIpc) is 3.35. The van der Waals surface area contributed by atoms with Crippen LogP contribution >= 0.6 is 23.1 Å². The third kappa shape index (κ3) is 4.93. The highest BCUT2D eigenvalue weighted by atomic mass is 32.2. The van der Waals surface area contributed by atoms with Gasteiger partial charge >= 0.3 is 0 Å². The maximum atomic E-state index is 12.1. The second-order valence-electron chi connectivity index (χ2n) is 6.44. The Labute approximate surface area is 177 Å². The summed E-state index contributed by atoms with van der Waals surface area (Å²) in [6.45, 7) is 1.91. The minimum Gasteiger partial charge on any atom is -0.332 e. The zero-order valence-corrected chi connectivity index (χ0v) is 17.5. The van der Waals surface area contributed by atoms with Crippen molar-refractivity contribution in [1.82, 2.24) is 15.0 Å². The molecule has 0 aliphatic carbocycles. The van der Waals surface area contributed by atoms with Gasteiger partial charge in [0.25, 0.3) is 0 Å². The van der Waals surface area contributed by atoms with E-state index in [-0.39, 0.29) is 5.91 Å². The molecule has 2 N–H and O–H groups in total. The number of nitrogens with one attached hydrogen (secondary N) is 2. The molecule has 0 aliphatic rings. The number of thioether (sulfide) groups is 1. The summed E-state index contributed by atoms with van der Waals surface area (Å²) in [6.07, 6.45) is 0.394. The van der Waals surface area contributed by atoms with Crippen molar-refractivity contribution >= 4 is 34.1 Å². The lowest BCUT2D eigenvalue weighted by Crippen LogP contribution is -2.12. The van der Waals surface area contributed by atoms with Gasteiger partial charge in [0.05, 0.1) is 17.1 Å². The number of hydrogen-bond acceptors (Lipinski definition) is 5. The summed E-state index contributed by atoms with van der Waals surface area (Å²) in [6, 6.07) is 20.3. The molecule has 0 radical (unpaired) electrons. The lowest BCUT2D eigenvalue weighted by molar-refractivity contribution is -0.115. The van der Waals surface area contributed by atoms with Gasteiger partial charge in [0.2, 0.25) is 5.91 Å². The first-order valence-corrected chi connectivity index (χ1v) is 11.1. The predicted molar refractivity (Wildman–Crippen MR) is 120 cm³/mol. The summed E-state index contributed by atoms with van der Waals surface area (Å²) in [5, 5.41) is 6.21. The molecule has 146 valence electrons. The van der Waals surface area contributed by atoms with Crippen LogP contribution in [0.25, 0.3) is 22.5 Å². The number of amides is 1.